The summed E-state index contributed by atoms with van der Waals surface area (Å²) in [6.07, 6.45) is 1.67. The van der Waals surface area contributed by atoms with Gasteiger partial charge < -0.3 is 16.0 Å². The maximum absolute atomic E-state index is 14.3. The van der Waals surface area contributed by atoms with Crippen molar-refractivity contribution in [2.75, 3.05) is 0 Å². The van der Waals surface area contributed by atoms with Crippen molar-refractivity contribution in [2.24, 2.45) is 16.5 Å². The van der Waals surface area contributed by atoms with Gasteiger partial charge in [0.15, 0.2) is 5.96 Å². The second-order valence-corrected chi connectivity index (χ2v) is 6.19. The lowest BCUT2D eigenvalue weighted by molar-refractivity contribution is 0.100. The highest BCUT2D eigenvalue weighted by Gasteiger charge is 2.18. The highest BCUT2D eigenvalue weighted by molar-refractivity contribution is 6.11. The van der Waals surface area contributed by atoms with Gasteiger partial charge in [0.25, 0.3) is 5.91 Å². The standard InChI is InChI=1S/C20H16FN5O/c1-11-9-17(13-6-4-7-15(21)18(13)24-11)26-10-14(19(27)25-20(22)23)12-5-2-3-8-16(12)26/h2-10H,1H3,(H4,22,23,25,27). The molecule has 0 spiro atoms. The number of guanidine groups is 1. The van der Waals surface area contributed by atoms with Crippen molar-refractivity contribution in [1.29, 1.82) is 0 Å². The molecule has 2 aromatic heterocycles. The molecule has 1 amide bonds. The third-order valence-electron chi connectivity index (χ3n) is 4.33. The highest BCUT2D eigenvalue weighted by Crippen LogP contribution is 2.30. The van der Waals surface area contributed by atoms with E-state index in [0.717, 1.165) is 11.2 Å². The van der Waals surface area contributed by atoms with Gasteiger partial charge in [0, 0.05) is 22.7 Å². The summed E-state index contributed by atoms with van der Waals surface area (Å²) in [5, 5.41) is 1.34. The van der Waals surface area contributed by atoms with Gasteiger partial charge in [-0.3, -0.25) is 4.79 Å². The van der Waals surface area contributed by atoms with Crippen LogP contribution in [0, 0.1) is 12.7 Å². The molecule has 27 heavy (non-hydrogen) atoms. The molecule has 2 aromatic carbocycles. The van der Waals surface area contributed by atoms with Crippen LogP contribution in [0.5, 0.6) is 0 Å². The van der Waals surface area contributed by atoms with E-state index in [1.165, 1.54) is 6.07 Å². The zero-order valence-corrected chi connectivity index (χ0v) is 14.5. The number of carbonyl (C=O) groups is 1. The van der Waals surface area contributed by atoms with Crippen LogP contribution in [0.1, 0.15) is 16.1 Å². The van der Waals surface area contributed by atoms with E-state index in [1.807, 2.05) is 34.9 Å². The number of aromatic nitrogens is 2. The third kappa shape index (κ3) is 2.79. The molecule has 0 saturated carbocycles. The summed E-state index contributed by atoms with van der Waals surface area (Å²) < 4.78 is 16.1. The number of nitrogens with two attached hydrogens (primary N) is 2. The van der Waals surface area contributed by atoms with Crippen LogP contribution in [0.2, 0.25) is 0 Å². The first kappa shape index (κ1) is 16.7. The van der Waals surface area contributed by atoms with E-state index >= 15 is 0 Å². The Hall–Kier alpha value is -3.74. The Morgan fingerprint density at radius 1 is 1.11 bits per heavy atom. The predicted octanol–water partition coefficient (Wildman–Crippen LogP) is 3.04. The maximum Gasteiger partial charge on any atom is 0.282 e. The lowest BCUT2D eigenvalue weighted by atomic mass is 10.1. The van der Waals surface area contributed by atoms with Gasteiger partial charge in [-0.15, -0.1) is 0 Å². The minimum absolute atomic E-state index is 0.280. The van der Waals surface area contributed by atoms with E-state index in [9.17, 15) is 9.18 Å². The number of hydrogen-bond acceptors (Lipinski definition) is 2. The van der Waals surface area contributed by atoms with Crippen molar-refractivity contribution in [2.45, 2.75) is 6.92 Å². The molecule has 0 bridgehead atoms. The average molecular weight is 361 g/mol. The highest BCUT2D eigenvalue weighted by atomic mass is 19.1. The summed E-state index contributed by atoms with van der Waals surface area (Å²) in [6, 6.07) is 14.0. The molecule has 4 N–H and O–H groups in total. The molecule has 4 rings (SSSR count). The first-order valence-corrected chi connectivity index (χ1v) is 8.26. The Bertz CT molecular complexity index is 1240. The first-order valence-electron chi connectivity index (χ1n) is 8.26. The fourth-order valence-corrected chi connectivity index (χ4v) is 3.25. The van der Waals surface area contributed by atoms with E-state index < -0.39 is 11.7 Å². The third-order valence-corrected chi connectivity index (χ3v) is 4.33. The summed E-state index contributed by atoms with van der Waals surface area (Å²) in [4.78, 5) is 20.4. The summed E-state index contributed by atoms with van der Waals surface area (Å²) in [6.45, 7) is 1.80. The van der Waals surface area contributed by atoms with Crippen molar-refractivity contribution >= 4 is 33.7 Å². The predicted molar refractivity (Wildman–Crippen MR) is 103 cm³/mol. The van der Waals surface area contributed by atoms with Crippen molar-refractivity contribution < 1.29 is 9.18 Å². The molecule has 4 aromatic rings. The lowest BCUT2D eigenvalue weighted by Gasteiger charge is -2.11. The number of rotatable bonds is 2. The van der Waals surface area contributed by atoms with Crippen LogP contribution in [-0.4, -0.2) is 21.4 Å². The number of halogens is 1. The molecule has 0 aliphatic heterocycles. The Kier molecular flexibility index (Phi) is 3.84. The van der Waals surface area contributed by atoms with E-state index in [0.29, 0.717) is 22.0 Å². The van der Waals surface area contributed by atoms with Crippen LogP contribution >= 0.6 is 0 Å². The number of fused-ring (bicyclic) bond motifs is 2. The Labute approximate surface area is 153 Å². The normalized spacial score (nSPS) is 11.0. The number of pyridine rings is 1. The Morgan fingerprint density at radius 2 is 1.85 bits per heavy atom. The Balaban J connectivity index is 2.07. The molecule has 0 atom stereocenters. The monoisotopic (exact) mass is 361 g/mol. The Morgan fingerprint density at radius 3 is 2.63 bits per heavy atom. The van der Waals surface area contributed by atoms with E-state index in [-0.39, 0.29) is 11.5 Å². The van der Waals surface area contributed by atoms with E-state index in [1.54, 1.807) is 25.3 Å². The van der Waals surface area contributed by atoms with Crippen LogP contribution < -0.4 is 11.5 Å². The van der Waals surface area contributed by atoms with Crippen LogP contribution in [0.25, 0.3) is 27.5 Å². The van der Waals surface area contributed by atoms with Crippen molar-refractivity contribution in [1.82, 2.24) is 9.55 Å². The fraction of sp³-hybridized carbons (Fsp3) is 0.0500. The van der Waals surface area contributed by atoms with Gasteiger partial charge in [-0.05, 0) is 25.1 Å². The summed E-state index contributed by atoms with van der Waals surface area (Å²) in [5.41, 5.74) is 13.5. The van der Waals surface area contributed by atoms with Crippen molar-refractivity contribution in [3.05, 3.63) is 71.8 Å². The minimum atomic E-state index is -0.536. The molecule has 0 aliphatic rings. The van der Waals surface area contributed by atoms with Gasteiger partial charge in [0.2, 0.25) is 0 Å². The molecule has 2 heterocycles. The number of aryl methyl sites for hydroxylation is 1. The first-order chi connectivity index (χ1) is 13.0. The molecule has 0 aliphatic carbocycles. The van der Waals surface area contributed by atoms with Gasteiger partial charge in [0.05, 0.1) is 16.8 Å². The molecule has 0 saturated heterocycles. The van der Waals surface area contributed by atoms with Crippen LogP contribution in [0.4, 0.5) is 4.39 Å². The van der Waals surface area contributed by atoms with Crippen LogP contribution in [0.3, 0.4) is 0 Å². The zero-order chi connectivity index (χ0) is 19.1. The lowest BCUT2D eigenvalue weighted by Crippen LogP contribution is -2.24. The summed E-state index contributed by atoms with van der Waals surface area (Å²) in [7, 11) is 0. The second-order valence-electron chi connectivity index (χ2n) is 6.19. The molecule has 134 valence electrons. The fourth-order valence-electron chi connectivity index (χ4n) is 3.25. The summed E-state index contributed by atoms with van der Waals surface area (Å²) in [5.74, 6) is -1.24. The van der Waals surface area contributed by atoms with Crippen molar-refractivity contribution in [3.8, 4) is 5.69 Å². The minimum Gasteiger partial charge on any atom is -0.370 e. The number of para-hydroxylation sites is 2. The second kappa shape index (κ2) is 6.21. The molecular weight excluding hydrogens is 345 g/mol. The quantitative estimate of drug-likeness (QED) is 0.423. The van der Waals surface area contributed by atoms with Crippen LogP contribution in [0.15, 0.2) is 59.7 Å². The van der Waals surface area contributed by atoms with Gasteiger partial charge >= 0.3 is 0 Å². The van der Waals surface area contributed by atoms with E-state index in [2.05, 4.69) is 9.98 Å². The number of amides is 1. The van der Waals surface area contributed by atoms with Crippen LogP contribution in [-0.2, 0) is 0 Å². The molecular formula is C20H16FN5O. The molecule has 7 heteroatoms. The smallest absolute Gasteiger partial charge is 0.282 e. The molecule has 6 nitrogen and oxygen atoms in total. The van der Waals surface area contributed by atoms with Crippen molar-refractivity contribution in [3.63, 3.8) is 0 Å². The topological polar surface area (TPSA) is 99.3 Å². The number of benzene rings is 2. The van der Waals surface area contributed by atoms with E-state index in [4.69, 9.17) is 11.5 Å². The summed E-state index contributed by atoms with van der Waals surface area (Å²) >= 11 is 0. The largest absolute Gasteiger partial charge is 0.370 e. The average Bonchev–Trinajstić information content (AvgIpc) is 3.01. The number of nitrogens with zero attached hydrogens (tertiary/aromatic N) is 3. The van der Waals surface area contributed by atoms with Gasteiger partial charge in [0.1, 0.15) is 11.3 Å². The number of aliphatic imine (C=N–C) groups is 1. The SMILES string of the molecule is Cc1cc(-n2cc(C(=O)N=C(N)N)c3ccccc32)c2cccc(F)c2n1. The van der Waals surface area contributed by atoms with Gasteiger partial charge in [-0.2, -0.15) is 4.99 Å². The van der Waals surface area contributed by atoms with Gasteiger partial charge in [-0.1, -0.05) is 30.3 Å². The molecule has 0 radical (unpaired) electrons. The molecule has 0 fully saturated rings. The number of carbonyl (C=O) groups excluding carboxylic acids is 1. The number of hydrogen-bond donors (Lipinski definition) is 2. The maximum atomic E-state index is 14.3. The van der Waals surface area contributed by atoms with Gasteiger partial charge in [-0.25, -0.2) is 9.37 Å². The molecule has 0 unspecified atom stereocenters. The zero-order valence-electron chi connectivity index (χ0n) is 14.5.